The third-order valence-electron chi connectivity index (χ3n) is 8.70. The van der Waals surface area contributed by atoms with Crippen molar-refractivity contribution in [1.82, 2.24) is 10.2 Å². The average Bonchev–Trinajstić information content (AvgIpc) is 3.60. The van der Waals surface area contributed by atoms with Crippen LogP contribution in [-0.2, 0) is 32.6 Å². The fourth-order valence-electron chi connectivity index (χ4n) is 5.98. The van der Waals surface area contributed by atoms with Gasteiger partial charge in [0.25, 0.3) is 10.0 Å². The molecular formula is C38H42BrN3O4S. The van der Waals surface area contributed by atoms with Gasteiger partial charge in [0.05, 0.1) is 10.6 Å². The van der Waals surface area contributed by atoms with Gasteiger partial charge in [-0.2, -0.15) is 0 Å². The molecule has 0 radical (unpaired) electrons. The first kappa shape index (κ1) is 34.4. The average molecular weight is 717 g/mol. The number of amides is 2. The number of carbonyl (C=O) groups excluding carboxylic acids is 2. The van der Waals surface area contributed by atoms with Crippen LogP contribution >= 0.6 is 15.9 Å². The Balaban J connectivity index is 1.56. The normalized spacial score (nSPS) is 14.1. The van der Waals surface area contributed by atoms with Crippen LogP contribution in [0.2, 0.25) is 0 Å². The first-order valence-electron chi connectivity index (χ1n) is 16.2. The molecule has 1 aliphatic carbocycles. The Morgan fingerprint density at radius 1 is 0.809 bits per heavy atom. The molecule has 4 aromatic rings. The number of halogens is 1. The molecule has 0 aliphatic heterocycles. The summed E-state index contributed by atoms with van der Waals surface area (Å²) in [6, 6.07) is 31.8. The van der Waals surface area contributed by atoms with Crippen LogP contribution in [0.5, 0.6) is 0 Å². The quantitative estimate of drug-likeness (QED) is 0.156. The summed E-state index contributed by atoms with van der Waals surface area (Å²) in [6.45, 7) is 3.80. The van der Waals surface area contributed by atoms with Crippen LogP contribution < -0.4 is 9.62 Å². The molecule has 5 rings (SSSR count). The minimum Gasteiger partial charge on any atom is -0.352 e. The van der Waals surface area contributed by atoms with E-state index in [0.717, 1.165) is 51.2 Å². The maximum atomic E-state index is 14.7. The van der Waals surface area contributed by atoms with Crippen molar-refractivity contribution >= 4 is 43.5 Å². The number of anilines is 1. The number of hydrogen-bond acceptors (Lipinski definition) is 4. The van der Waals surface area contributed by atoms with E-state index >= 15 is 0 Å². The topological polar surface area (TPSA) is 86.8 Å². The fraction of sp³-hybridized carbons (Fsp3) is 0.316. The van der Waals surface area contributed by atoms with E-state index in [4.69, 9.17) is 0 Å². The first-order chi connectivity index (χ1) is 22.6. The molecular weight excluding hydrogens is 674 g/mol. The van der Waals surface area contributed by atoms with Crippen LogP contribution in [0.25, 0.3) is 0 Å². The molecule has 0 heterocycles. The Kier molecular flexibility index (Phi) is 11.5. The maximum Gasteiger partial charge on any atom is 0.264 e. The van der Waals surface area contributed by atoms with Gasteiger partial charge in [0.2, 0.25) is 11.8 Å². The van der Waals surface area contributed by atoms with Gasteiger partial charge in [-0.25, -0.2) is 8.42 Å². The summed E-state index contributed by atoms with van der Waals surface area (Å²) in [5.74, 6) is -0.448. The van der Waals surface area contributed by atoms with Crippen LogP contribution in [0, 0.1) is 0 Å². The van der Waals surface area contributed by atoms with Crippen LogP contribution in [0.15, 0.2) is 119 Å². The zero-order chi connectivity index (χ0) is 33.4. The summed E-state index contributed by atoms with van der Waals surface area (Å²) in [5.41, 5.74) is 3.17. The van der Waals surface area contributed by atoms with E-state index in [2.05, 4.69) is 35.1 Å². The number of nitrogens with one attached hydrogen (secondary N) is 1. The summed E-state index contributed by atoms with van der Waals surface area (Å²) in [4.78, 5) is 30.4. The van der Waals surface area contributed by atoms with Gasteiger partial charge >= 0.3 is 0 Å². The van der Waals surface area contributed by atoms with Crippen LogP contribution in [0.1, 0.15) is 62.1 Å². The molecule has 7 nitrogen and oxygen atoms in total. The second kappa shape index (κ2) is 15.8. The smallest absolute Gasteiger partial charge is 0.264 e. The molecule has 1 aliphatic rings. The minimum atomic E-state index is -4.14. The lowest BCUT2D eigenvalue weighted by atomic mass is 10.0. The monoisotopic (exact) mass is 715 g/mol. The summed E-state index contributed by atoms with van der Waals surface area (Å²) in [5, 5.41) is 3.22. The number of nitrogens with zero attached hydrogens (tertiary/aromatic N) is 2. The van der Waals surface area contributed by atoms with E-state index in [-0.39, 0.29) is 35.7 Å². The molecule has 0 aromatic heterocycles. The molecule has 0 bridgehead atoms. The standard InChI is InChI=1S/C38H42BrN3O4S/c1-28(2)31-19-23-34(24-20-31)42(47(45,46)35-15-7-4-8-16-35)27-37(43)41(26-30-17-21-32(39)22-18-30)36(25-29-11-5-3-6-12-29)38(44)40-33-13-9-10-14-33/h3-8,11-12,15-24,28,33,36H,9-10,13-14,25-27H2,1-2H3,(H,40,44)/t36-/m1/s1. The van der Waals surface area contributed by atoms with E-state index in [1.165, 1.54) is 12.1 Å². The highest BCUT2D eigenvalue weighted by Gasteiger charge is 2.35. The largest absolute Gasteiger partial charge is 0.352 e. The van der Waals surface area contributed by atoms with E-state index < -0.39 is 28.5 Å². The van der Waals surface area contributed by atoms with Gasteiger partial charge in [0.1, 0.15) is 12.6 Å². The number of hydrogen-bond donors (Lipinski definition) is 1. The highest BCUT2D eigenvalue weighted by molar-refractivity contribution is 9.10. The first-order valence-corrected chi connectivity index (χ1v) is 18.4. The summed E-state index contributed by atoms with van der Waals surface area (Å²) in [7, 11) is -4.14. The summed E-state index contributed by atoms with van der Waals surface area (Å²) >= 11 is 3.48. The van der Waals surface area contributed by atoms with E-state index in [1.807, 2.05) is 66.7 Å². The van der Waals surface area contributed by atoms with E-state index in [0.29, 0.717) is 5.69 Å². The molecule has 9 heteroatoms. The van der Waals surface area contributed by atoms with Crippen LogP contribution in [-0.4, -0.2) is 43.8 Å². The van der Waals surface area contributed by atoms with Gasteiger partial charge < -0.3 is 10.2 Å². The molecule has 4 aromatic carbocycles. The van der Waals surface area contributed by atoms with Gasteiger partial charge in [0.15, 0.2) is 0 Å². The lowest BCUT2D eigenvalue weighted by Gasteiger charge is -2.34. The lowest BCUT2D eigenvalue weighted by Crippen LogP contribution is -2.54. The van der Waals surface area contributed by atoms with Crippen molar-refractivity contribution in [1.29, 1.82) is 0 Å². The number of rotatable bonds is 13. The predicted octanol–water partition coefficient (Wildman–Crippen LogP) is 7.47. The molecule has 246 valence electrons. The summed E-state index contributed by atoms with van der Waals surface area (Å²) in [6.07, 6.45) is 4.20. The second-order valence-electron chi connectivity index (χ2n) is 12.4. The van der Waals surface area contributed by atoms with Gasteiger partial charge in [-0.1, -0.05) is 115 Å². The van der Waals surface area contributed by atoms with Gasteiger partial charge in [-0.3, -0.25) is 13.9 Å². The van der Waals surface area contributed by atoms with Crippen molar-refractivity contribution in [2.24, 2.45) is 0 Å². The Hall–Kier alpha value is -3.95. The van der Waals surface area contributed by atoms with Crippen molar-refractivity contribution in [2.45, 2.75) is 75.4 Å². The minimum absolute atomic E-state index is 0.0554. The lowest BCUT2D eigenvalue weighted by molar-refractivity contribution is -0.140. The van der Waals surface area contributed by atoms with Gasteiger partial charge in [-0.05, 0) is 71.8 Å². The Bertz CT molecular complexity index is 1730. The Morgan fingerprint density at radius 3 is 2.00 bits per heavy atom. The Morgan fingerprint density at radius 2 is 1.40 bits per heavy atom. The molecule has 0 saturated heterocycles. The van der Waals surface area contributed by atoms with Crippen molar-refractivity contribution < 1.29 is 18.0 Å². The van der Waals surface area contributed by atoms with Crippen LogP contribution in [0.4, 0.5) is 5.69 Å². The zero-order valence-corrected chi connectivity index (χ0v) is 29.3. The van der Waals surface area contributed by atoms with Gasteiger partial charge in [0, 0.05) is 23.5 Å². The molecule has 1 fully saturated rings. The molecule has 1 N–H and O–H groups in total. The Labute approximate surface area is 287 Å². The van der Waals surface area contributed by atoms with Crippen LogP contribution in [0.3, 0.4) is 0 Å². The second-order valence-corrected chi connectivity index (χ2v) is 15.2. The third kappa shape index (κ3) is 8.90. The van der Waals surface area contributed by atoms with Crippen molar-refractivity contribution in [3.63, 3.8) is 0 Å². The molecule has 0 spiro atoms. The molecule has 1 atom stereocenters. The summed E-state index contributed by atoms with van der Waals surface area (Å²) < 4.78 is 30.5. The predicted molar refractivity (Wildman–Crippen MR) is 191 cm³/mol. The number of carbonyl (C=O) groups is 2. The van der Waals surface area contributed by atoms with Crippen molar-refractivity contribution in [3.05, 3.63) is 130 Å². The SMILES string of the molecule is CC(C)c1ccc(N(CC(=O)N(Cc2ccc(Br)cc2)[C@H](Cc2ccccc2)C(=O)NC2CCCC2)S(=O)(=O)c2ccccc2)cc1. The van der Waals surface area contributed by atoms with Gasteiger partial charge in [-0.15, -0.1) is 0 Å². The van der Waals surface area contributed by atoms with E-state index in [9.17, 15) is 18.0 Å². The van der Waals surface area contributed by atoms with E-state index in [1.54, 1.807) is 35.2 Å². The molecule has 2 amide bonds. The number of benzene rings is 4. The highest BCUT2D eigenvalue weighted by atomic mass is 79.9. The molecule has 1 saturated carbocycles. The maximum absolute atomic E-state index is 14.7. The fourth-order valence-corrected chi connectivity index (χ4v) is 7.68. The zero-order valence-electron chi connectivity index (χ0n) is 26.9. The molecule has 0 unspecified atom stereocenters. The number of sulfonamides is 1. The highest BCUT2D eigenvalue weighted by Crippen LogP contribution is 2.27. The van der Waals surface area contributed by atoms with Crippen molar-refractivity contribution in [2.75, 3.05) is 10.8 Å². The third-order valence-corrected chi connectivity index (χ3v) is 11.0. The molecule has 47 heavy (non-hydrogen) atoms. The van der Waals surface area contributed by atoms with Crippen molar-refractivity contribution in [3.8, 4) is 0 Å².